The summed E-state index contributed by atoms with van der Waals surface area (Å²) in [6, 6.07) is 5.06. The third-order valence-corrected chi connectivity index (χ3v) is 5.85. The molecule has 0 atom stereocenters. The Balaban J connectivity index is 2.17. The molecular weight excluding hydrogens is 398 g/mol. The van der Waals surface area contributed by atoms with Crippen LogP contribution in [0.4, 0.5) is 0 Å². The van der Waals surface area contributed by atoms with Crippen molar-refractivity contribution in [2.24, 2.45) is 0 Å². The number of unbranched alkanes of at least 4 members (excludes halogenated alkanes) is 14. The topological polar surface area (TPSA) is 71.1 Å². The first kappa shape index (κ1) is 28.1. The van der Waals surface area contributed by atoms with Crippen molar-refractivity contribution in [2.45, 2.75) is 117 Å². The molecule has 32 heavy (non-hydrogen) atoms. The van der Waals surface area contributed by atoms with Crippen molar-refractivity contribution in [3.63, 3.8) is 0 Å². The summed E-state index contributed by atoms with van der Waals surface area (Å²) in [6.07, 6.45) is 19.8. The second-order valence-electron chi connectivity index (χ2n) is 8.87. The summed E-state index contributed by atoms with van der Waals surface area (Å²) in [5, 5.41) is 5.86. The number of carbonyl (C=O) groups is 2. The molecule has 1 rings (SSSR count). The van der Waals surface area contributed by atoms with E-state index < -0.39 is 0 Å². The van der Waals surface area contributed by atoms with Crippen LogP contribution in [0.5, 0.6) is 0 Å². The Morgan fingerprint density at radius 1 is 0.594 bits per heavy atom. The molecule has 2 amide bonds. The van der Waals surface area contributed by atoms with Gasteiger partial charge in [-0.3, -0.25) is 9.59 Å². The van der Waals surface area contributed by atoms with Gasteiger partial charge < -0.3 is 10.6 Å². The van der Waals surface area contributed by atoms with Gasteiger partial charge in [-0.25, -0.2) is 4.98 Å². The molecule has 0 aliphatic rings. The predicted molar refractivity (Wildman–Crippen MR) is 134 cm³/mol. The van der Waals surface area contributed by atoms with E-state index in [0.717, 1.165) is 25.7 Å². The van der Waals surface area contributed by atoms with Crippen LogP contribution >= 0.6 is 0 Å². The van der Waals surface area contributed by atoms with Crippen LogP contribution in [0.3, 0.4) is 0 Å². The first-order valence-electron chi connectivity index (χ1n) is 13.2. The minimum atomic E-state index is -0.203. The Bertz CT molecular complexity index is 569. The van der Waals surface area contributed by atoms with Gasteiger partial charge in [0.1, 0.15) is 11.4 Å². The molecule has 182 valence electrons. The van der Waals surface area contributed by atoms with Gasteiger partial charge in [0, 0.05) is 13.1 Å². The fourth-order valence-corrected chi connectivity index (χ4v) is 3.79. The zero-order valence-corrected chi connectivity index (χ0v) is 20.7. The van der Waals surface area contributed by atoms with Crippen molar-refractivity contribution in [3.05, 3.63) is 29.6 Å². The molecule has 1 heterocycles. The van der Waals surface area contributed by atoms with Crippen LogP contribution in [0.25, 0.3) is 0 Å². The molecular formula is C27H47N3O2. The molecule has 0 radical (unpaired) electrons. The van der Waals surface area contributed by atoms with E-state index in [1.165, 1.54) is 77.0 Å². The molecule has 0 aliphatic heterocycles. The fraction of sp³-hybridized carbons (Fsp3) is 0.741. The van der Waals surface area contributed by atoms with Crippen molar-refractivity contribution in [1.29, 1.82) is 0 Å². The number of aromatic nitrogens is 1. The number of pyridine rings is 1. The summed E-state index contributed by atoms with van der Waals surface area (Å²) >= 11 is 0. The quantitative estimate of drug-likeness (QED) is 0.216. The van der Waals surface area contributed by atoms with Crippen LogP contribution < -0.4 is 10.6 Å². The van der Waals surface area contributed by atoms with Crippen LogP contribution in [0, 0.1) is 0 Å². The van der Waals surface area contributed by atoms with Crippen molar-refractivity contribution in [2.75, 3.05) is 13.1 Å². The molecule has 1 aromatic rings. The number of nitrogens with zero attached hydrogens (tertiary/aromatic N) is 1. The molecule has 0 bridgehead atoms. The summed E-state index contributed by atoms with van der Waals surface area (Å²) < 4.78 is 0. The lowest BCUT2D eigenvalue weighted by atomic mass is 10.1. The number of nitrogens with one attached hydrogen (secondary N) is 2. The van der Waals surface area contributed by atoms with Crippen molar-refractivity contribution in [1.82, 2.24) is 15.6 Å². The van der Waals surface area contributed by atoms with E-state index in [2.05, 4.69) is 29.5 Å². The number of rotatable bonds is 20. The highest BCUT2D eigenvalue weighted by Gasteiger charge is 2.11. The molecule has 0 aliphatic carbocycles. The molecule has 5 nitrogen and oxygen atoms in total. The highest BCUT2D eigenvalue weighted by Crippen LogP contribution is 2.09. The smallest absolute Gasteiger partial charge is 0.269 e. The van der Waals surface area contributed by atoms with Crippen LogP contribution in [-0.2, 0) is 0 Å². The van der Waals surface area contributed by atoms with Gasteiger partial charge in [0.2, 0.25) is 0 Å². The molecule has 2 N–H and O–H groups in total. The Morgan fingerprint density at radius 3 is 1.31 bits per heavy atom. The number of amides is 2. The zero-order chi connectivity index (χ0) is 23.3. The molecule has 0 fully saturated rings. The van der Waals surface area contributed by atoms with Gasteiger partial charge in [0.15, 0.2) is 0 Å². The lowest BCUT2D eigenvalue weighted by Crippen LogP contribution is -2.28. The molecule has 0 unspecified atom stereocenters. The summed E-state index contributed by atoms with van der Waals surface area (Å²) in [5.41, 5.74) is 0.619. The van der Waals surface area contributed by atoms with Gasteiger partial charge in [-0.05, 0) is 25.0 Å². The SMILES string of the molecule is CCCCCCCCCCNC(=O)c1cccc(C(=O)NCCCCCCCCCC)n1. The first-order valence-corrected chi connectivity index (χ1v) is 13.2. The molecule has 5 heteroatoms. The van der Waals surface area contributed by atoms with E-state index in [9.17, 15) is 9.59 Å². The predicted octanol–water partition coefficient (Wildman–Crippen LogP) is 6.82. The van der Waals surface area contributed by atoms with E-state index in [4.69, 9.17) is 0 Å². The van der Waals surface area contributed by atoms with Gasteiger partial charge in [-0.2, -0.15) is 0 Å². The van der Waals surface area contributed by atoms with E-state index >= 15 is 0 Å². The van der Waals surface area contributed by atoms with Gasteiger partial charge >= 0.3 is 0 Å². The van der Waals surface area contributed by atoms with Crippen molar-refractivity contribution in [3.8, 4) is 0 Å². The summed E-state index contributed by atoms with van der Waals surface area (Å²) in [4.78, 5) is 29.0. The lowest BCUT2D eigenvalue weighted by molar-refractivity contribution is 0.0943. The maximum absolute atomic E-state index is 12.3. The first-order chi connectivity index (χ1) is 15.7. The largest absolute Gasteiger partial charge is 0.351 e. The monoisotopic (exact) mass is 445 g/mol. The Morgan fingerprint density at radius 2 is 0.938 bits per heavy atom. The fourth-order valence-electron chi connectivity index (χ4n) is 3.79. The molecule has 0 saturated heterocycles. The second kappa shape index (κ2) is 19.8. The minimum absolute atomic E-state index is 0.203. The van der Waals surface area contributed by atoms with E-state index in [-0.39, 0.29) is 11.8 Å². The van der Waals surface area contributed by atoms with E-state index in [1.54, 1.807) is 18.2 Å². The maximum Gasteiger partial charge on any atom is 0.269 e. The number of hydrogen-bond donors (Lipinski definition) is 2. The summed E-state index contributed by atoms with van der Waals surface area (Å²) in [5.74, 6) is -0.406. The van der Waals surface area contributed by atoms with Crippen LogP contribution in [-0.4, -0.2) is 29.9 Å². The Hall–Kier alpha value is -1.91. The standard InChI is InChI=1S/C27H47N3O2/c1-3-5-7-9-11-13-15-17-22-28-26(31)24-20-19-21-25(30-24)27(32)29-23-18-16-14-12-10-8-6-4-2/h19-21H,3-18,22-23H2,1-2H3,(H,28,31)(H,29,32). The Kier molecular flexibility index (Phi) is 17.4. The van der Waals surface area contributed by atoms with Crippen LogP contribution in [0.1, 0.15) is 138 Å². The van der Waals surface area contributed by atoms with Crippen LogP contribution in [0.15, 0.2) is 18.2 Å². The third-order valence-electron chi connectivity index (χ3n) is 5.85. The van der Waals surface area contributed by atoms with E-state index in [0.29, 0.717) is 24.5 Å². The van der Waals surface area contributed by atoms with E-state index in [1.807, 2.05) is 0 Å². The van der Waals surface area contributed by atoms with Crippen molar-refractivity contribution >= 4 is 11.8 Å². The maximum atomic E-state index is 12.3. The third kappa shape index (κ3) is 14.2. The lowest BCUT2D eigenvalue weighted by Gasteiger charge is -2.08. The summed E-state index contributed by atoms with van der Waals surface area (Å²) in [6.45, 7) is 5.78. The minimum Gasteiger partial charge on any atom is -0.351 e. The van der Waals surface area contributed by atoms with Gasteiger partial charge in [0.25, 0.3) is 11.8 Å². The second-order valence-corrected chi connectivity index (χ2v) is 8.87. The summed E-state index contributed by atoms with van der Waals surface area (Å²) in [7, 11) is 0. The van der Waals surface area contributed by atoms with Gasteiger partial charge in [-0.15, -0.1) is 0 Å². The van der Waals surface area contributed by atoms with Crippen LogP contribution in [0.2, 0.25) is 0 Å². The average molecular weight is 446 g/mol. The molecule has 0 spiro atoms. The van der Waals surface area contributed by atoms with Gasteiger partial charge in [-0.1, -0.05) is 110 Å². The van der Waals surface area contributed by atoms with Crippen molar-refractivity contribution < 1.29 is 9.59 Å². The average Bonchev–Trinajstić information content (AvgIpc) is 2.81. The van der Waals surface area contributed by atoms with Gasteiger partial charge in [0.05, 0.1) is 0 Å². The molecule has 0 aromatic carbocycles. The normalized spacial score (nSPS) is 10.8. The highest BCUT2D eigenvalue weighted by molar-refractivity contribution is 5.96. The number of hydrogen-bond acceptors (Lipinski definition) is 3. The Labute approximate surface area is 196 Å². The molecule has 0 saturated carbocycles. The zero-order valence-electron chi connectivity index (χ0n) is 20.7. The highest BCUT2D eigenvalue weighted by atomic mass is 16.2. The molecule has 1 aromatic heterocycles. The number of carbonyl (C=O) groups excluding carboxylic acids is 2.